The van der Waals surface area contributed by atoms with Crippen LogP contribution in [0.3, 0.4) is 0 Å². The summed E-state index contributed by atoms with van der Waals surface area (Å²) in [5.74, 6) is -0.627. The van der Waals surface area contributed by atoms with Gasteiger partial charge in [-0.15, -0.1) is 0 Å². The highest BCUT2D eigenvalue weighted by Gasteiger charge is 2.23. The van der Waals surface area contributed by atoms with Crippen LogP contribution in [-0.4, -0.2) is 46.9 Å². The second-order valence-electron chi connectivity index (χ2n) is 20.4. The maximum Gasteiger partial charge on any atom is 0.306 e. The Balaban J connectivity index is 4.68. The Morgan fingerprint density at radius 1 is 0.437 bits per heavy atom. The topological polar surface area (TPSA) is 95.9 Å². The third-order valence-corrected chi connectivity index (χ3v) is 13.5. The Kier molecular flexibility index (Phi) is 55.5. The molecule has 3 atom stereocenters. The minimum absolute atomic E-state index is 0.0499. The first kappa shape index (κ1) is 68.0. The molecule has 410 valence electrons. The van der Waals surface area contributed by atoms with Gasteiger partial charge in [0.15, 0.2) is 0 Å². The molecular weight excluding hydrogens is 875 g/mol. The van der Waals surface area contributed by atoms with E-state index in [0.29, 0.717) is 19.3 Å². The van der Waals surface area contributed by atoms with Gasteiger partial charge in [0.05, 0.1) is 25.2 Å². The highest BCUT2D eigenvalue weighted by molar-refractivity contribution is 5.78. The Morgan fingerprint density at radius 2 is 0.789 bits per heavy atom. The van der Waals surface area contributed by atoms with E-state index in [0.717, 1.165) is 70.6 Å². The molecule has 0 aliphatic heterocycles. The molecule has 3 N–H and O–H groups in total. The molecule has 0 aliphatic carbocycles. The quantitative estimate of drug-likeness (QED) is 0.0321. The van der Waals surface area contributed by atoms with Gasteiger partial charge >= 0.3 is 5.97 Å². The number of rotatable bonds is 54. The Morgan fingerprint density at radius 3 is 1.18 bits per heavy atom. The molecule has 0 aliphatic rings. The third-order valence-electron chi connectivity index (χ3n) is 13.5. The highest BCUT2D eigenvalue weighted by atomic mass is 16.5. The molecule has 0 spiro atoms. The van der Waals surface area contributed by atoms with Gasteiger partial charge in [0.2, 0.25) is 5.91 Å². The second kappa shape index (κ2) is 57.9. The molecule has 0 aromatic heterocycles. The fourth-order valence-corrected chi connectivity index (χ4v) is 8.89. The van der Waals surface area contributed by atoms with E-state index in [1.54, 1.807) is 0 Å². The van der Waals surface area contributed by atoms with Crippen molar-refractivity contribution in [1.82, 2.24) is 5.32 Å². The van der Waals surface area contributed by atoms with E-state index in [2.05, 4.69) is 99.0 Å². The number of aliphatic hydroxyl groups is 2. The van der Waals surface area contributed by atoms with Crippen LogP contribution in [0.25, 0.3) is 0 Å². The number of nitrogens with one attached hydrogen (secondary N) is 1. The first-order valence-corrected chi connectivity index (χ1v) is 30.3. The minimum Gasteiger partial charge on any atom is -0.458 e. The van der Waals surface area contributed by atoms with E-state index in [1.807, 2.05) is 12.2 Å². The van der Waals surface area contributed by atoms with Crippen molar-refractivity contribution in [3.63, 3.8) is 0 Å². The van der Waals surface area contributed by atoms with E-state index < -0.39 is 18.2 Å². The number of hydrogen-bond donors (Lipinski definition) is 3. The van der Waals surface area contributed by atoms with Crippen molar-refractivity contribution >= 4 is 11.9 Å². The Hall–Kier alpha value is -2.96. The van der Waals surface area contributed by atoms with Crippen molar-refractivity contribution < 1.29 is 24.5 Å². The van der Waals surface area contributed by atoms with Crippen molar-refractivity contribution in [1.29, 1.82) is 0 Å². The van der Waals surface area contributed by atoms with E-state index in [-0.39, 0.29) is 24.9 Å². The van der Waals surface area contributed by atoms with Gasteiger partial charge in [-0.25, -0.2) is 0 Å². The average Bonchev–Trinajstić information content (AvgIpc) is 3.36. The number of aliphatic hydroxyl groups excluding tert-OH is 2. The number of allylic oxidation sites excluding steroid dienone is 13. The molecule has 0 bridgehead atoms. The molecule has 0 fully saturated rings. The zero-order valence-corrected chi connectivity index (χ0v) is 46.8. The molecule has 6 nitrogen and oxygen atoms in total. The van der Waals surface area contributed by atoms with Gasteiger partial charge < -0.3 is 20.3 Å². The summed E-state index contributed by atoms with van der Waals surface area (Å²) in [6.07, 6.45) is 76.9. The standard InChI is InChI=1S/C65H115NO5/c1-4-7-10-13-16-19-22-25-28-31-32-34-37-40-43-46-49-52-55-58-65(70)71-61(56-53-50-47-44-41-38-35-33-29-26-23-20-17-14-11-8-5-2)59-64(69)66-62(60-67)63(68)57-54-51-48-45-42-39-36-30-27-24-21-18-15-12-9-6-3/h8,11,17,20,25-26,28-29,35,38,44,47,53,56,61-63,67-68H,4-7,9-10,12-16,18-19,21-24,27,30-34,36-37,39-43,45-46,48-52,54-55,57-60H2,1-3H3,(H,66,69)/b11-8-,20-17-,28-25+,29-26-,38-35-,47-44-,56-53-. The van der Waals surface area contributed by atoms with Gasteiger partial charge in [-0.1, -0.05) is 280 Å². The summed E-state index contributed by atoms with van der Waals surface area (Å²) >= 11 is 0. The summed E-state index contributed by atoms with van der Waals surface area (Å²) in [7, 11) is 0. The second-order valence-corrected chi connectivity index (χ2v) is 20.4. The Labute approximate surface area is 440 Å². The normalized spacial score (nSPS) is 13.7. The molecule has 0 radical (unpaired) electrons. The van der Waals surface area contributed by atoms with Crippen molar-refractivity contribution in [2.75, 3.05) is 6.61 Å². The molecule has 1 amide bonds. The number of esters is 1. The number of carbonyl (C=O) groups excluding carboxylic acids is 2. The van der Waals surface area contributed by atoms with Gasteiger partial charge in [-0.05, 0) is 83.1 Å². The SMILES string of the molecule is CC/C=C\C/C=C\C/C=C\C/C=C\C/C=C\C/C=C\C(CC(=O)NC(CO)C(O)CCCCCCCCCCCCCCCCCC)OC(=O)CCCCCCCCCCC/C=C/CCCCCCCC. The molecule has 71 heavy (non-hydrogen) atoms. The molecule has 0 aromatic rings. The summed E-state index contributed by atoms with van der Waals surface area (Å²) in [4.78, 5) is 26.3. The van der Waals surface area contributed by atoms with E-state index >= 15 is 0 Å². The van der Waals surface area contributed by atoms with Crippen LogP contribution in [0.1, 0.15) is 290 Å². The smallest absolute Gasteiger partial charge is 0.306 e. The van der Waals surface area contributed by atoms with Crippen LogP contribution in [0.5, 0.6) is 0 Å². The summed E-state index contributed by atoms with van der Waals surface area (Å²) in [6.45, 7) is 6.36. The lowest BCUT2D eigenvalue weighted by Gasteiger charge is -2.23. The fourth-order valence-electron chi connectivity index (χ4n) is 8.89. The van der Waals surface area contributed by atoms with Crippen LogP contribution in [0.15, 0.2) is 85.1 Å². The van der Waals surface area contributed by atoms with Crippen molar-refractivity contribution in [3.05, 3.63) is 85.1 Å². The van der Waals surface area contributed by atoms with Crippen LogP contribution in [0.2, 0.25) is 0 Å². The first-order valence-electron chi connectivity index (χ1n) is 30.3. The van der Waals surface area contributed by atoms with Crippen molar-refractivity contribution in [2.24, 2.45) is 0 Å². The van der Waals surface area contributed by atoms with Gasteiger partial charge in [0, 0.05) is 6.42 Å². The Bertz CT molecular complexity index is 1340. The maximum atomic E-state index is 13.3. The van der Waals surface area contributed by atoms with Gasteiger partial charge in [-0.2, -0.15) is 0 Å². The molecular formula is C65H115NO5. The highest BCUT2D eigenvalue weighted by Crippen LogP contribution is 2.17. The maximum absolute atomic E-state index is 13.3. The lowest BCUT2D eigenvalue weighted by molar-refractivity contribution is -0.148. The van der Waals surface area contributed by atoms with E-state index in [9.17, 15) is 19.8 Å². The van der Waals surface area contributed by atoms with Crippen LogP contribution in [-0.2, 0) is 14.3 Å². The zero-order valence-electron chi connectivity index (χ0n) is 46.8. The molecule has 0 aromatic carbocycles. The van der Waals surface area contributed by atoms with Crippen LogP contribution in [0.4, 0.5) is 0 Å². The van der Waals surface area contributed by atoms with E-state index in [1.165, 1.54) is 173 Å². The third kappa shape index (κ3) is 53.2. The lowest BCUT2D eigenvalue weighted by atomic mass is 10.0. The first-order chi connectivity index (χ1) is 35.0. The van der Waals surface area contributed by atoms with Crippen molar-refractivity contribution in [2.45, 2.75) is 309 Å². The zero-order chi connectivity index (χ0) is 51.6. The van der Waals surface area contributed by atoms with Crippen LogP contribution < -0.4 is 5.32 Å². The largest absolute Gasteiger partial charge is 0.458 e. The molecule has 0 heterocycles. The van der Waals surface area contributed by atoms with Gasteiger partial charge in [0.1, 0.15) is 6.10 Å². The predicted molar refractivity (Wildman–Crippen MR) is 310 cm³/mol. The molecule has 0 saturated carbocycles. The van der Waals surface area contributed by atoms with Crippen LogP contribution in [0, 0.1) is 0 Å². The summed E-state index contributed by atoms with van der Waals surface area (Å²) in [5.41, 5.74) is 0. The lowest BCUT2D eigenvalue weighted by Crippen LogP contribution is -2.46. The van der Waals surface area contributed by atoms with E-state index in [4.69, 9.17) is 4.74 Å². The van der Waals surface area contributed by atoms with Gasteiger partial charge in [-0.3, -0.25) is 9.59 Å². The molecule has 3 unspecified atom stereocenters. The number of hydrogen-bond acceptors (Lipinski definition) is 5. The summed E-state index contributed by atoms with van der Waals surface area (Å²) in [5, 5.41) is 23.9. The summed E-state index contributed by atoms with van der Waals surface area (Å²) in [6, 6.07) is -0.748. The summed E-state index contributed by atoms with van der Waals surface area (Å²) < 4.78 is 5.86. The van der Waals surface area contributed by atoms with Gasteiger partial charge in [0.25, 0.3) is 0 Å². The van der Waals surface area contributed by atoms with Crippen molar-refractivity contribution in [3.8, 4) is 0 Å². The number of carbonyl (C=O) groups is 2. The number of ether oxygens (including phenoxy) is 1. The number of unbranched alkanes of at least 4 members (excludes halogenated alkanes) is 30. The van der Waals surface area contributed by atoms with Crippen LogP contribution >= 0.6 is 0 Å². The molecule has 6 heteroatoms. The molecule has 0 rings (SSSR count). The fraction of sp³-hybridized carbons (Fsp3) is 0.754. The number of amides is 1. The minimum atomic E-state index is -0.825. The monoisotopic (exact) mass is 990 g/mol. The molecule has 0 saturated heterocycles. The average molecular weight is 991 g/mol. The predicted octanol–water partition coefficient (Wildman–Crippen LogP) is 19.1.